The van der Waals surface area contributed by atoms with E-state index in [1.807, 2.05) is 0 Å². The van der Waals surface area contributed by atoms with Gasteiger partial charge in [-0.3, -0.25) is 20.2 Å². The molecule has 106 valence electrons. The zero-order valence-electron chi connectivity index (χ0n) is 10.3. The second kappa shape index (κ2) is 6.18. The summed E-state index contributed by atoms with van der Waals surface area (Å²) < 4.78 is 0.850. The Bertz CT molecular complexity index is 731. The molecule has 2 rings (SSSR count). The first-order chi connectivity index (χ1) is 9.99. The van der Waals surface area contributed by atoms with Crippen LogP contribution in [0.1, 0.15) is 0 Å². The summed E-state index contributed by atoms with van der Waals surface area (Å²) in [6, 6.07) is 10.4. The van der Waals surface area contributed by atoms with Crippen LogP contribution in [0.3, 0.4) is 0 Å². The largest absolute Gasteiger partial charge is 0.373 e. The molecule has 0 heterocycles. The van der Waals surface area contributed by atoms with Crippen LogP contribution >= 0.6 is 15.9 Å². The normalized spacial score (nSPS) is 10.7. The molecule has 9 heteroatoms. The summed E-state index contributed by atoms with van der Waals surface area (Å²) in [6.45, 7) is 0. The van der Waals surface area contributed by atoms with Gasteiger partial charge in [-0.05, 0) is 30.3 Å². The minimum absolute atomic E-state index is 0.169. The average molecular weight is 351 g/mol. The van der Waals surface area contributed by atoms with Crippen molar-refractivity contribution in [1.29, 1.82) is 0 Å². The topological polar surface area (TPSA) is 111 Å². The Morgan fingerprint density at radius 3 is 2.14 bits per heavy atom. The van der Waals surface area contributed by atoms with Gasteiger partial charge >= 0.3 is 11.4 Å². The predicted molar refractivity (Wildman–Crippen MR) is 78.1 cm³/mol. The molecule has 0 N–H and O–H groups in total. The predicted octanol–water partition coefficient (Wildman–Crippen LogP) is 4.68. The summed E-state index contributed by atoms with van der Waals surface area (Å²) in [4.78, 5) is 20.1. The van der Waals surface area contributed by atoms with E-state index in [9.17, 15) is 20.2 Å². The number of nitro benzene ring substituents is 2. The van der Waals surface area contributed by atoms with E-state index in [1.165, 1.54) is 12.1 Å². The van der Waals surface area contributed by atoms with Gasteiger partial charge in [-0.2, -0.15) is 5.11 Å². The van der Waals surface area contributed by atoms with Crippen LogP contribution in [0.25, 0.3) is 0 Å². The Morgan fingerprint density at radius 2 is 1.57 bits per heavy atom. The van der Waals surface area contributed by atoms with Crippen molar-refractivity contribution in [3.05, 3.63) is 67.2 Å². The van der Waals surface area contributed by atoms with Gasteiger partial charge in [0.05, 0.1) is 15.5 Å². The lowest BCUT2D eigenvalue weighted by Crippen LogP contribution is -1.96. The monoisotopic (exact) mass is 350 g/mol. The molecule has 0 fully saturated rings. The zero-order valence-corrected chi connectivity index (χ0v) is 11.9. The Balaban J connectivity index is 2.44. The number of nitro groups is 2. The van der Waals surface area contributed by atoms with E-state index in [2.05, 4.69) is 26.2 Å². The first-order valence-electron chi connectivity index (χ1n) is 5.58. The van der Waals surface area contributed by atoms with Gasteiger partial charge in [0.15, 0.2) is 5.69 Å². The molecule has 0 unspecified atom stereocenters. The fourth-order valence-corrected chi connectivity index (χ4v) is 1.82. The first-order valence-corrected chi connectivity index (χ1v) is 6.37. The fourth-order valence-electron chi connectivity index (χ4n) is 1.55. The Kier molecular flexibility index (Phi) is 4.33. The molecule has 0 radical (unpaired) electrons. The zero-order chi connectivity index (χ0) is 15.4. The van der Waals surface area contributed by atoms with Gasteiger partial charge in [0.2, 0.25) is 0 Å². The highest BCUT2D eigenvalue weighted by atomic mass is 79.9. The number of nitrogens with zero attached hydrogens (tertiary/aromatic N) is 4. The molecule has 0 aromatic heterocycles. The minimum Gasteiger partial charge on any atom is -0.258 e. The molecular formula is C12H7BrN4O4. The van der Waals surface area contributed by atoms with Crippen molar-refractivity contribution in [2.24, 2.45) is 10.2 Å². The second-order valence-electron chi connectivity index (χ2n) is 3.84. The summed E-state index contributed by atoms with van der Waals surface area (Å²) >= 11 is 3.26. The summed E-state index contributed by atoms with van der Waals surface area (Å²) in [6.07, 6.45) is 0. The molecule has 8 nitrogen and oxygen atoms in total. The van der Waals surface area contributed by atoms with E-state index in [-0.39, 0.29) is 5.69 Å². The van der Waals surface area contributed by atoms with Crippen molar-refractivity contribution in [1.82, 2.24) is 0 Å². The van der Waals surface area contributed by atoms with Crippen LogP contribution in [-0.4, -0.2) is 9.85 Å². The number of para-hydroxylation sites is 1. The van der Waals surface area contributed by atoms with Crippen molar-refractivity contribution in [2.45, 2.75) is 0 Å². The molecule has 0 aliphatic carbocycles. The van der Waals surface area contributed by atoms with Crippen LogP contribution in [0.4, 0.5) is 22.7 Å². The molecule has 0 aliphatic rings. The Labute approximate surface area is 126 Å². The molecule has 0 saturated carbocycles. The third-order valence-corrected chi connectivity index (χ3v) is 3.00. The number of halogens is 1. The molecule has 0 amide bonds. The second-order valence-corrected chi connectivity index (χ2v) is 4.75. The Morgan fingerprint density at radius 1 is 0.905 bits per heavy atom. The summed E-state index contributed by atoms with van der Waals surface area (Å²) in [5.74, 6) is 0. The number of benzene rings is 2. The summed E-state index contributed by atoms with van der Waals surface area (Å²) in [5, 5.41) is 29.4. The van der Waals surface area contributed by atoms with E-state index >= 15 is 0 Å². The van der Waals surface area contributed by atoms with Crippen LogP contribution in [-0.2, 0) is 0 Å². The van der Waals surface area contributed by atoms with Gasteiger partial charge in [0.1, 0.15) is 0 Å². The third kappa shape index (κ3) is 3.45. The van der Waals surface area contributed by atoms with Crippen LogP contribution in [0.15, 0.2) is 57.2 Å². The maximum absolute atomic E-state index is 11.0. The highest BCUT2D eigenvalue weighted by Crippen LogP contribution is 2.37. The number of rotatable bonds is 4. The lowest BCUT2D eigenvalue weighted by molar-refractivity contribution is -0.421. The average Bonchev–Trinajstić information content (AvgIpc) is 2.46. The van der Waals surface area contributed by atoms with Crippen LogP contribution < -0.4 is 0 Å². The van der Waals surface area contributed by atoms with Gasteiger partial charge in [0, 0.05) is 10.5 Å². The lowest BCUT2D eigenvalue weighted by atomic mass is 10.2. The molecule has 0 aliphatic heterocycles. The molecular weight excluding hydrogens is 344 g/mol. The molecule has 21 heavy (non-hydrogen) atoms. The van der Waals surface area contributed by atoms with E-state index < -0.39 is 21.2 Å². The smallest absolute Gasteiger partial charge is 0.258 e. The molecule has 2 aromatic carbocycles. The number of hydrogen-bond acceptors (Lipinski definition) is 6. The fraction of sp³-hybridized carbons (Fsp3) is 0. The van der Waals surface area contributed by atoms with Crippen LogP contribution in [0.5, 0.6) is 0 Å². The van der Waals surface area contributed by atoms with Crippen molar-refractivity contribution in [3.63, 3.8) is 0 Å². The maximum Gasteiger partial charge on any atom is 0.373 e. The van der Waals surface area contributed by atoms with Crippen molar-refractivity contribution in [2.75, 3.05) is 0 Å². The number of hydrogen-bond donors (Lipinski definition) is 0. The van der Waals surface area contributed by atoms with Crippen molar-refractivity contribution < 1.29 is 9.85 Å². The van der Waals surface area contributed by atoms with Crippen LogP contribution in [0, 0.1) is 20.2 Å². The van der Waals surface area contributed by atoms with Gasteiger partial charge in [-0.25, -0.2) is 0 Å². The van der Waals surface area contributed by atoms with E-state index in [1.54, 1.807) is 24.3 Å². The number of azo groups is 1. The molecule has 0 saturated heterocycles. The van der Waals surface area contributed by atoms with Crippen molar-refractivity contribution >= 4 is 38.7 Å². The van der Waals surface area contributed by atoms with Gasteiger partial charge in [-0.15, -0.1) is 5.11 Å². The quantitative estimate of drug-likeness (QED) is 0.452. The molecule has 0 spiro atoms. The SMILES string of the molecule is O=[N+]([O-])c1cccc(N=Nc2ccc(Br)cc2)c1[N+](=O)[O-]. The molecule has 0 atom stereocenters. The van der Waals surface area contributed by atoms with E-state index in [0.717, 1.165) is 10.5 Å². The standard InChI is InChI=1S/C12H7BrN4O4/c13-8-4-6-9(7-5-8)14-15-10-2-1-3-11(16(18)19)12(10)17(20)21/h1-7H. The first kappa shape index (κ1) is 14.7. The highest BCUT2D eigenvalue weighted by molar-refractivity contribution is 9.10. The maximum atomic E-state index is 11.0. The third-order valence-electron chi connectivity index (χ3n) is 2.47. The minimum atomic E-state index is -0.839. The summed E-state index contributed by atoms with van der Waals surface area (Å²) in [7, 11) is 0. The highest BCUT2D eigenvalue weighted by Gasteiger charge is 2.28. The van der Waals surface area contributed by atoms with Gasteiger partial charge in [-0.1, -0.05) is 22.0 Å². The Hall–Kier alpha value is -2.68. The van der Waals surface area contributed by atoms with E-state index in [0.29, 0.717) is 5.69 Å². The van der Waals surface area contributed by atoms with E-state index in [4.69, 9.17) is 0 Å². The molecule has 0 bridgehead atoms. The van der Waals surface area contributed by atoms with Gasteiger partial charge in [0.25, 0.3) is 0 Å². The van der Waals surface area contributed by atoms with Crippen LogP contribution in [0.2, 0.25) is 0 Å². The van der Waals surface area contributed by atoms with Gasteiger partial charge < -0.3 is 0 Å². The summed E-state index contributed by atoms with van der Waals surface area (Å²) in [5.41, 5.74) is -0.994. The lowest BCUT2D eigenvalue weighted by Gasteiger charge is -1.98. The molecule has 2 aromatic rings. The van der Waals surface area contributed by atoms with Crippen molar-refractivity contribution in [3.8, 4) is 0 Å².